The van der Waals surface area contributed by atoms with Crippen molar-refractivity contribution in [3.63, 3.8) is 0 Å². The number of likely N-dealkylation sites (tertiary alicyclic amines) is 1. The number of benzene rings is 1. The van der Waals surface area contributed by atoms with Crippen LogP contribution in [0.2, 0.25) is 0 Å². The zero-order valence-corrected chi connectivity index (χ0v) is 12.9. The van der Waals surface area contributed by atoms with E-state index in [9.17, 15) is 9.59 Å². The van der Waals surface area contributed by atoms with E-state index in [2.05, 4.69) is 37.4 Å². The maximum Gasteiger partial charge on any atom is 0.313 e. The summed E-state index contributed by atoms with van der Waals surface area (Å²) in [6.07, 6.45) is 2.17. The maximum atomic E-state index is 12.0. The number of aromatic nitrogens is 2. The van der Waals surface area contributed by atoms with Crippen LogP contribution in [0.15, 0.2) is 22.8 Å². The average Bonchev–Trinajstić information content (AvgIpc) is 3.21. The largest absolute Gasteiger partial charge is 0.346 e. The van der Waals surface area contributed by atoms with E-state index >= 15 is 0 Å². The average molecular weight is 317 g/mol. The van der Waals surface area contributed by atoms with Gasteiger partial charge in [-0.1, -0.05) is 13.0 Å². The van der Waals surface area contributed by atoms with Crippen LogP contribution in [0.5, 0.6) is 0 Å². The van der Waals surface area contributed by atoms with Crippen molar-refractivity contribution in [1.82, 2.24) is 20.5 Å². The lowest BCUT2D eigenvalue weighted by Crippen LogP contribution is -2.43. The molecule has 2 aromatic rings. The molecule has 0 spiro atoms. The molecular formula is C15H19N5O3. The van der Waals surface area contributed by atoms with Crippen molar-refractivity contribution in [1.29, 1.82) is 0 Å². The molecule has 1 aromatic heterocycles. The molecule has 8 heteroatoms. The van der Waals surface area contributed by atoms with Crippen LogP contribution >= 0.6 is 0 Å². The number of hydrogen-bond donors (Lipinski definition) is 2. The normalized spacial score (nSPS) is 18.2. The molecule has 8 nitrogen and oxygen atoms in total. The number of rotatable bonds is 4. The first-order valence-electron chi connectivity index (χ1n) is 7.73. The Kier molecular flexibility index (Phi) is 4.52. The van der Waals surface area contributed by atoms with Crippen LogP contribution in [0.25, 0.3) is 11.0 Å². The Balaban J connectivity index is 1.57. The van der Waals surface area contributed by atoms with Crippen LogP contribution in [-0.2, 0) is 9.59 Å². The summed E-state index contributed by atoms with van der Waals surface area (Å²) >= 11 is 0. The Morgan fingerprint density at radius 2 is 2.22 bits per heavy atom. The molecule has 3 rings (SSSR count). The molecule has 1 fully saturated rings. The van der Waals surface area contributed by atoms with Crippen LogP contribution < -0.4 is 10.6 Å². The number of hydrogen-bond acceptors (Lipinski definition) is 6. The van der Waals surface area contributed by atoms with Crippen molar-refractivity contribution >= 4 is 28.5 Å². The van der Waals surface area contributed by atoms with Crippen molar-refractivity contribution in [3.8, 4) is 0 Å². The molecule has 1 aliphatic rings. The highest BCUT2D eigenvalue weighted by atomic mass is 16.6. The third-order valence-corrected chi connectivity index (χ3v) is 4.14. The molecule has 0 saturated carbocycles. The van der Waals surface area contributed by atoms with Crippen molar-refractivity contribution < 1.29 is 14.2 Å². The first kappa shape index (κ1) is 15.4. The topological polar surface area (TPSA) is 100 Å². The van der Waals surface area contributed by atoms with E-state index in [4.69, 9.17) is 0 Å². The van der Waals surface area contributed by atoms with Crippen LogP contribution in [-0.4, -0.2) is 52.7 Å². The maximum absolute atomic E-state index is 12.0. The van der Waals surface area contributed by atoms with Gasteiger partial charge in [-0.15, -0.1) is 0 Å². The highest BCUT2D eigenvalue weighted by molar-refractivity contribution is 6.40. The summed E-state index contributed by atoms with van der Waals surface area (Å²) in [7, 11) is 0. The number of carbonyl (C=O) groups excluding carboxylic acids is 2. The van der Waals surface area contributed by atoms with Crippen molar-refractivity contribution in [2.45, 2.75) is 25.8 Å². The number of nitrogens with zero attached hydrogens (tertiary/aromatic N) is 3. The van der Waals surface area contributed by atoms with Gasteiger partial charge in [0, 0.05) is 12.6 Å². The van der Waals surface area contributed by atoms with Gasteiger partial charge in [0.1, 0.15) is 5.52 Å². The molecule has 2 heterocycles. The van der Waals surface area contributed by atoms with E-state index in [-0.39, 0.29) is 0 Å². The summed E-state index contributed by atoms with van der Waals surface area (Å²) in [5.74, 6) is -1.37. The first-order chi connectivity index (χ1) is 11.2. The second kappa shape index (κ2) is 6.74. The van der Waals surface area contributed by atoms with Gasteiger partial charge in [-0.3, -0.25) is 14.5 Å². The smallest absolute Gasteiger partial charge is 0.313 e. The van der Waals surface area contributed by atoms with E-state index in [1.807, 2.05) is 0 Å². The number of fused-ring (bicyclic) bond motifs is 1. The minimum atomic E-state index is -0.721. The fourth-order valence-electron chi connectivity index (χ4n) is 2.92. The Morgan fingerprint density at radius 3 is 3.04 bits per heavy atom. The van der Waals surface area contributed by atoms with E-state index in [1.54, 1.807) is 18.2 Å². The Bertz CT molecular complexity index is 714. The monoisotopic (exact) mass is 317 g/mol. The summed E-state index contributed by atoms with van der Waals surface area (Å²) in [5.41, 5.74) is 1.34. The zero-order chi connectivity index (χ0) is 16.2. The van der Waals surface area contributed by atoms with Gasteiger partial charge in [-0.2, -0.15) is 0 Å². The molecule has 1 aromatic carbocycles. The van der Waals surface area contributed by atoms with Gasteiger partial charge >= 0.3 is 11.8 Å². The van der Waals surface area contributed by atoms with Crippen molar-refractivity contribution in [3.05, 3.63) is 18.2 Å². The molecule has 0 bridgehead atoms. The second-order valence-corrected chi connectivity index (χ2v) is 5.53. The lowest BCUT2D eigenvalue weighted by Gasteiger charge is -2.22. The molecule has 2 amide bonds. The van der Waals surface area contributed by atoms with Crippen LogP contribution in [0, 0.1) is 0 Å². The third-order valence-electron chi connectivity index (χ3n) is 4.14. The molecule has 0 radical (unpaired) electrons. The first-order valence-corrected chi connectivity index (χ1v) is 7.73. The number of likely N-dealkylation sites (N-methyl/N-ethyl adjacent to an activating group) is 1. The number of amides is 2. The summed E-state index contributed by atoms with van der Waals surface area (Å²) in [6, 6.07) is 5.37. The number of anilines is 1. The van der Waals surface area contributed by atoms with Gasteiger partial charge in [-0.05, 0) is 48.4 Å². The summed E-state index contributed by atoms with van der Waals surface area (Å²) in [6.45, 7) is 4.58. The van der Waals surface area contributed by atoms with Gasteiger partial charge in [0.15, 0.2) is 5.52 Å². The number of nitrogens with one attached hydrogen (secondary N) is 2. The summed E-state index contributed by atoms with van der Waals surface area (Å²) < 4.78 is 4.63. The minimum absolute atomic E-state index is 0.305. The second-order valence-electron chi connectivity index (χ2n) is 5.53. The van der Waals surface area contributed by atoms with Crippen LogP contribution in [0.4, 0.5) is 5.69 Å². The fraction of sp³-hybridized carbons (Fsp3) is 0.467. The third kappa shape index (κ3) is 3.31. The molecule has 23 heavy (non-hydrogen) atoms. The van der Waals surface area contributed by atoms with E-state index in [1.165, 1.54) is 0 Å². The molecule has 1 atom stereocenters. The van der Waals surface area contributed by atoms with Gasteiger partial charge in [0.2, 0.25) is 0 Å². The zero-order valence-electron chi connectivity index (χ0n) is 12.9. The molecule has 1 aliphatic heterocycles. The highest BCUT2D eigenvalue weighted by Gasteiger charge is 2.24. The van der Waals surface area contributed by atoms with Crippen molar-refractivity contribution in [2.24, 2.45) is 0 Å². The van der Waals surface area contributed by atoms with E-state index in [0.717, 1.165) is 25.9 Å². The molecule has 2 N–H and O–H groups in total. The van der Waals surface area contributed by atoms with E-state index < -0.39 is 11.8 Å². The quantitative estimate of drug-likeness (QED) is 0.808. The summed E-state index contributed by atoms with van der Waals surface area (Å²) in [5, 5.41) is 12.7. The van der Waals surface area contributed by atoms with Crippen molar-refractivity contribution in [2.75, 3.05) is 25.0 Å². The standard InChI is InChI=1S/C15H19N5O3/c1-2-20-8-4-5-10(20)9-16-14(21)15(22)17-11-6-3-7-12-13(11)19-23-18-12/h3,6-7,10H,2,4-5,8-9H2,1H3,(H,16,21)(H,17,22). The Labute approximate surface area is 133 Å². The Hall–Kier alpha value is -2.48. The fourth-order valence-corrected chi connectivity index (χ4v) is 2.92. The molecule has 1 saturated heterocycles. The summed E-state index contributed by atoms with van der Waals surface area (Å²) in [4.78, 5) is 26.3. The molecular weight excluding hydrogens is 298 g/mol. The lowest BCUT2D eigenvalue weighted by molar-refractivity contribution is -0.136. The Morgan fingerprint density at radius 1 is 1.35 bits per heavy atom. The predicted octanol–water partition coefficient (Wildman–Crippen LogP) is 0.762. The van der Waals surface area contributed by atoms with Gasteiger partial charge in [0.05, 0.1) is 5.69 Å². The molecule has 0 aliphatic carbocycles. The van der Waals surface area contributed by atoms with Gasteiger partial charge < -0.3 is 10.6 Å². The lowest BCUT2D eigenvalue weighted by atomic mass is 10.2. The number of carbonyl (C=O) groups is 2. The van der Waals surface area contributed by atoms with Crippen LogP contribution in [0.1, 0.15) is 19.8 Å². The van der Waals surface area contributed by atoms with Gasteiger partial charge in [-0.25, -0.2) is 4.63 Å². The van der Waals surface area contributed by atoms with Crippen LogP contribution in [0.3, 0.4) is 0 Å². The molecule has 122 valence electrons. The molecule has 1 unspecified atom stereocenters. The minimum Gasteiger partial charge on any atom is -0.346 e. The predicted molar refractivity (Wildman–Crippen MR) is 83.7 cm³/mol. The highest BCUT2D eigenvalue weighted by Crippen LogP contribution is 2.19. The SMILES string of the molecule is CCN1CCCC1CNC(=O)C(=O)Nc1cccc2nonc12. The van der Waals surface area contributed by atoms with E-state index in [0.29, 0.717) is 29.3 Å². The van der Waals surface area contributed by atoms with Gasteiger partial charge in [0.25, 0.3) is 0 Å².